The van der Waals surface area contributed by atoms with Gasteiger partial charge in [-0.2, -0.15) is 5.10 Å². The second kappa shape index (κ2) is 7.71. The summed E-state index contributed by atoms with van der Waals surface area (Å²) in [6.07, 6.45) is 1.46. The van der Waals surface area contributed by atoms with Gasteiger partial charge in [-0.05, 0) is 26.0 Å². The van der Waals surface area contributed by atoms with Crippen LogP contribution in [0.15, 0.2) is 18.3 Å². The number of anilines is 1. The van der Waals surface area contributed by atoms with Crippen LogP contribution in [0.4, 0.5) is 11.4 Å². The highest BCUT2D eigenvalue weighted by atomic mass is 35.5. The number of aryl methyl sites for hydroxylation is 1. The smallest absolute Gasteiger partial charge is 0.328 e. The third-order valence-corrected chi connectivity index (χ3v) is 3.50. The molecule has 0 bridgehead atoms. The number of amides is 1. The van der Waals surface area contributed by atoms with Crippen molar-refractivity contribution in [2.24, 2.45) is 0 Å². The zero-order valence-electron chi connectivity index (χ0n) is 13.4. The normalized spacial score (nSPS) is 10.4. The molecule has 10 nitrogen and oxygen atoms in total. The number of nitrogens with one attached hydrogen (secondary N) is 1. The number of carbonyl (C=O) groups is 2. The van der Waals surface area contributed by atoms with Gasteiger partial charge in [-0.1, -0.05) is 11.6 Å². The topological polar surface area (TPSA) is 129 Å². The third-order valence-electron chi connectivity index (χ3n) is 3.20. The van der Waals surface area contributed by atoms with Crippen LogP contribution in [0, 0.1) is 24.0 Å². The molecule has 132 valence electrons. The summed E-state index contributed by atoms with van der Waals surface area (Å²) in [5.74, 6) is -1.35. The van der Waals surface area contributed by atoms with E-state index in [9.17, 15) is 19.7 Å². The van der Waals surface area contributed by atoms with Crippen molar-refractivity contribution in [3.8, 4) is 0 Å². The van der Waals surface area contributed by atoms with Gasteiger partial charge in [0.25, 0.3) is 5.91 Å². The Morgan fingerprint density at radius 1 is 1.44 bits per heavy atom. The maximum absolute atomic E-state index is 11.8. The molecule has 0 aliphatic rings. The SMILES string of the molecule is Cc1nn(CC(=O)OCC(=O)Nc2cccnc2Cl)c(C)c1[N+](=O)[O-]. The van der Waals surface area contributed by atoms with Gasteiger partial charge in [0.15, 0.2) is 11.8 Å². The Labute approximate surface area is 146 Å². The van der Waals surface area contributed by atoms with E-state index in [1.807, 2.05) is 0 Å². The fraction of sp³-hybridized carbons (Fsp3) is 0.286. The van der Waals surface area contributed by atoms with E-state index in [2.05, 4.69) is 15.4 Å². The summed E-state index contributed by atoms with van der Waals surface area (Å²) in [6.45, 7) is 2.06. The van der Waals surface area contributed by atoms with Crippen LogP contribution in [0.5, 0.6) is 0 Å². The molecular weight excluding hydrogens is 354 g/mol. The first-order chi connectivity index (χ1) is 11.8. The monoisotopic (exact) mass is 367 g/mol. The van der Waals surface area contributed by atoms with E-state index in [1.54, 1.807) is 12.1 Å². The van der Waals surface area contributed by atoms with Gasteiger partial charge in [0.1, 0.15) is 17.9 Å². The second-order valence-corrected chi connectivity index (χ2v) is 5.34. The van der Waals surface area contributed by atoms with Crippen molar-refractivity contribution in [2.75, 3.05) is 11.9 Å². The molecule has 1 amide bonds. The third kappa shape index (κ3) is 4.51. The largest absolute Gasteiger partial charge is 0.454 e. The minimum Gasteiger partial charge on any atom is -0.454 e. The summed E-state index contributed by atoms with van der Waals surface area (Å²) >= 11 is 5.80. The van der Waals surface area contributed by atoms with E-state index in [4.69, 9.17) is 16.3 Å². The molecule has 1 N–H and O–H groups in total. The Balaban J connectivity index is 1.91. The first-order valence-corrected chi connectivity index (χ1v) is 7.41. The molecule has 0 saturated carbocycles. The molecule has 0 fully saturated rings. The highest BCUT2D eigenvalue weighted by molar-refractivity contribution is 6.32. The molecule has 0 saturated heterocycles. The molecule has 2 rings (SSSR count). The van der Waals surface area contributed by atoms with Crippen molar-refractivity contribution in [3.63, 3.8) is 0 Å². The predicted molar refractivity (Wildman–Crippen MR) is 87.2 cm³/mol. The van der Waals surface area contributed by atoms with E-state index in [0.29, 0.717) is 5.69 Å². The fourth-order valence-electron chi connectivity index (χ4n) is 2.09. The Morgan fingerprint density at radius 3 is 2.76 bits per heavy atom. The Hall–Kier alpha value is -3.01. The minimum atomic E-state index is -0.757. The summed E-state index contributed by atoms with van der Waals surface area (Å²) in [7, 11) is 0. The van der Waals surface area contributed by atoms with Gasteiger partial charge in [-0.3, -0.25) is 24.4 Å². The lowest BCUT2D eigenvalue weighted by atomic mass is 10.3. The summed E-state index contributed by atoms with van der Waals surface area (Å²) in [5, 5.41) is 17.4. The van der Waals surface area contributed by atoms with Crippen molar-refractivity contribution in [3.05, 3.63) is 45.0 Å². The molecule has 25 heavy (non-hydrogen) atoms. The molecule has 0 aliphatic carbocycles. The lowest BCUT2D eigenvalue weighted by molar-refractivity contribution is -0.386. The number of hydrogen-bond acceptors (Lipinski definition) is 7. The average molecular weight is 368 g/mol. The van der Waals surface area contributed by atoms with E-state index in [1.165, 1.54) is 20.0 Å². The summed E-state index contributed by atoms with van der Waals surface area (Å²) in [5.41, 5.74) is 0.557. The van der Waals surface area contributed by atoms with Crippen LogP contribution < -0.4 is 5.32 Å². The molecule has 0 unspecified atom stereocenters. The Bertz CT molecular complexity index is 835. The summed E-state index contributed by atoms with van der Waals surface area (Å²) in [4.78, 5) is 37.7. The lowest BCUT2D eigenvalue weighted by Gasteiger charge is -2.08. The first kappa shape index (κ1) is 18.3. The van der Waals surface area contributed by atoms with Gasteiger partial charge in [0.05, 0.1) is 10.6 Å². The van der Waals surface area contributed by atoms with Crippen LogP contribution in [0.2, 0.25) is 5.15 Å². The molecule has 2 aromatic rings. The van der Waals surface area contributed by atoms with Crippen molar-refractivity contribution in [1.29, 1.82) is 0 Å². The molecule has 2 heterocycles. The zero-order chi connectivity index (χ0) is 18.6. The number of hydrogen-bond donors (Lipinski definition) is 1. The minimum absolute atomic E-state index is 0.108. The van der Waals surface area contributed by atoms with Gasteiger partial charge in [0.2, 0.25) is 0 Å². The van der Waals surface area contributed by atoms with Gasteiger partial charge < -0.3 is 10.1 Å². The Morgan fingerprint density at radius 2 is 2.16 bits per heavy atom. The van der Waals surface area contributed by atoms with Gasteiger partial charge in [0, 0.05) is 6.20 Å². The van der Waals surface area contributed by atoms with Crippen LogP contribution in [0.1, 0.15) is 11.4 Å². The van der Waals surface area contributed by atoms with Crippen molar-refractivity contribution in [1.82, 2.24) is 14.8 Å². The molecule has 2 aromatic heterocycles. The number of ether oxygens (including phenoxy) is 1. The molecular formula is C14H14ClN5O5. The number of rotatable bonds is 6. The lowest BCUT2D eigenvalue weighted by Crippen LogP contribution is -2.23. The van der Waals surface area contributed by atoms with Gasteiger partial charge in [-0.25, -0.2) is 4.98 Å². The van der Waals surface area contributed by atoms with Crippen LogP contribution >= 0.6 is 11.6 Å². The van der Waals surface area contributed by atoms with Gasteiger partial charge >= 0.3 is 11.7 Å². The molecule has 0 aromatic carbocycles. The fourth-order valence-corrected chi connectivity index (χ4v) is 2.25. The second-order valence-electron chi connectivity index (χ2n) is 4.98. The Kier molecular flexibility index (Phi) is 5.65. The summed E-state index contributed by atoms with van der Waals surface area (Å²) < 4.78 is 6.00. The zero-order valence-corrected chi connectivity index (χ0v) is 14.1. The highest BCUT2D eigenvalue weighted by Gasteiger charge is 2.23. The van der Waals surface area contributed by atoms with Gasteiger partial charge in [-0.15, -0.1) is 0 Å². The molecule has 0 spiro atoms. The predicted octanol–water partition coefficient (Wildman–Crippen LogP) is 1.64. The maximum Gasteiger partial charge on any atom is 0.328 e. The highest BCUT2D eigenvalue weighted by Crippen LogP contribution is 2.21. The van der Waals surface area contributed by atoms with Crippen molar-refractivity contribution in [2.45, 2.75) is 20.4 Å². The van der Waals surface area contributed by atoms with E-state index >= 15 is 0 Å². The van der Waals surface area contributed by atoms with Crippen LogP contribution in [-0.4, -0.2) is 38.2 Å². The maximum atomic E-state index is 11.8. The van der Waals surface area contributed by atoms with Crippen LogP contribution in [0.25, 0.3) is 0 Å². The first-order valence-electron chi connectivity index (χ1n) is 7.04. The average Bonchev–Trinajstić information content (AvgIpc) is 2.81. The van der Waals surface area contributed by atoms with Crippen molar-refractivity contribution < 1.29 is 19.2 Å². The summed E-state index contributed by atoms with van der Waals surface area (Å²) in [6, 6.07) is 3.13. The number of nitrogens with zero attached hydrogens (tertiary/aromatic N) is 4. The molecule has 0 atom stereocenters. The molecule has 0 aliphatic heterocycles. The number of nitro groups is 1. The number of esters is 1. The number of carbonyl (C=O) groups excluding carboxylic acids is 2. The standard InChI is InChI=1S/C14H14ClN5O5/c1-8-13(20(23)24)9(2)19(18-8)6-12(22)25-7-11(21)17-10-4-3-5-16-14(10)15/h3-5H,6-7H2,1-2H3,(H,17,21). The van der Waals surface area contributed by atoms with Crippen molar-refractivity contribution >= 4 is 34.9 Å². The van der Waals surface area contributed by atoms with Crippen LogP contribution in [0.3, 0.4) is 0 Å². The number of pyridine rings is 1. The quantitative estimate of drug-likeness (QED) is 0.355. The molecule has 11 heteroatoms. The van der Waals surface area contributed by atoms with E-state index < -0.39 is 23.4 Å². The molecule has 0 radical (unpaired) electrons. The number of halogens is 1. The van der Waals surface area contributed by atoms with E-state index in [0.717, 1.165) is 4.68 Å². The van der Waals surface area contributed by atoms with Crippen LogP contribution in [-0.2, 0) is 20.9 Å². The number of aromatic nitrogens is 3. The van der Waals surface area contributed by atoms with E-state index in [-0.39, 0.29) is 28.8 Å².